The van der Waals surface area contributed by atoms with Gasteiger partial charge in [-0.15, -0.1) is 9.24 Å². The van der Waals surface area contributed by atoms with E-state index in [2.05, 4.69) is 51.7 Å². The van der Waals surface area contributed by atoms with Gasteiger partial charge < -0.3 is 19.7 Å². The maximum absolute atomic E-state index is 10.2. The van der Waals surface area contributed by atoms with E-state index in [0.717, 1.165) is 16.9 Å². The molecule has 1 heterocycles. The van der Waals surface area contributed by atoms with Gasteiger partial charge in [0.15, 0.2) is 0 Å². The van der Waals surface area contributed by atoms with Gasteiger partial charge in [0.25, 0.3) is 0 Å². The number of aliphatic hydroxyl groups excluding tert-OH is 2. The molecular formula is C24H27O4P. The minimum Gasteiger partial charge on any atom is -0.496 e. The molecule has 1 fully saturated rings. The Bertz CT molecular complexity index is 913. The first-order chi connectivity index (χ1) is 14.1. The molecule has 1 aromatic rings. The van der Waals surface area contributed by atoms with Crippen LogP contribution in [0.3, 0.4) is 0 Å². The van der Waals surface area contributed by atoms with Gasteiger partial charge in [0, 0.05) is 24.1 Å². The normalized spacial score (nSPS) is 23.1. The number of ether oxygens (including phenoxy) is 2. The minimum atomic E-state index is -0.468. The Morgan fingerprint density at radius 3 is 2.45 bits per heavy atom. The molecule has 0 amide bonds. The first kappa shape index (κ1) is 20.3. The van der Waals surface area contributed by atoms with Crippen molar-refractivity contribution in [2.75, 3.05) is 13.7 Å². The Hall–Kier alpha value is -1.97. The molecule has 5 heteroatoms. The number of aliphatic hydroxyl groups is 2. The SMILES string of the molecule is COc1ccc(C2CC(O)CC(CO)O2)cc1C(P)c1cc2cccccc-2c1. The zero-order valence-electron chi connectivity index (χ0n) is 16.5. The van der Waals surface area contributed by atoms with E-state index in [1.54, 1.807) is 7.11 Å². The lowest BCUT2D eigenvalue weighted by Crippen LogP contribution is -2.33. The van der Waals surface area contributed by atoms with Crippen molar-refractivity contribution in [3.63, 3.8) is 0 Å². The van der Waals surface area contributed by atoms with Crippen molar-refractivity contribution >= 4 is 9.24 Å². The molecule has 2 N–H and O–H groups in total. The lowest BCUT2D eigenvalue weighted by atomic mass is 9.93. The van der Waals surface area contributed by atoms with Crippen molar-refractivity contribution in [1.82, 2.24) is 0 Å². The first-order valence-electron chi connectivity index (χ1n) is 9.95. The fourth-order valence-electron chi connectivity index (χ4n) is 4.12. The molecule has 4 rings (SSSR count). The van der Waals surface area contributed by atoms with Gasteiger partial charge in [-0.1, -0.05) is 48.5 Å². The average Bonchev–Trinajstić information content (AvgIpc) is 3.02. The third-order valence-electron chi connectivity index (χ3n) is 5.65. The van der Waals surface area contributed by atoms with E-state index >= 15 is 0 Å². The molecule has 0 saturated carbocycles. The van der Waals surface area contributed by atoms with Crippen molar-refractivity contribution in [3.8, 4) is 16.9 Å². The van der Waals surface area contributed by atoms with Crippen LogP contribution in [0.15, 0.2) is 60.7 Å². The van der Waals surface area contributed by atoms with Gasteiger partial charge in [-0.3, -0.25) is 0 Å². The van der Waals surface area contributed by atoms with E-state index in [0.29, 0.717) is 12.8 Å². The van der Waals surface area contributed by atoms with Crippen LogP contribution in [0.5, 0.6) is 5.75 Å². The van der Waals surface area contributed by atoms with Crippen LogP contribution in [0.1, 0.15) is 41.3 Å². The Morgan fingerprint density at radius 1 is 1.07 bits per heavy atom. The standard InChI is InChI=1S/C24H27O4P/c1-27-22-8-7-17(23-13-19(26)12-20(14-25)28-23)11-21(22)24(29)18-9-15-5-3-2-4-6-16(15)10-18/h2-11,19-20,23-26H,12-14,29H2,1H3. The van der Waals surface area contributed by atoms with Gasteiger partial charge in [-0.25, -0.2) is 0 Å². The second-order valence-electron chi connectivity index (χ2n) is 7.64. The van der Waals surface area contributed by atoms with Crippen LogP contribution in [0, 0.1) is 0 Å². The molecule has 3 aliphatic rings. The van der Waals surface area contributed by atoms with Crippen LogP contribution in [0.25, 0.3) is 11.1 Å². The van der Waals surface area contributed by atoms with E-state index in [4.69, 9.17) is 9.47 Å². The minimum absolute atomic E-state index is 0.0600. The molecule has 5 unspecified atom stereocenters. The molecule has 1 aromatic carbocycles. The summed E-state index contributed by atoms with van der Waals surface area (Å²) in [5.41, 5.74) is 5.72. The molecular weight excluding hydrogens is 383 g/mol. The number of methoxy groups -OCH3 is 1. The van der Waals surface area contributed by atoms with Crippen LogP contribution in [-0.4, -0.2) is 36.1 Å². The number of fused-ring (bicyclic) bond motifs is 1. The smallest absolute Gasteiger partial charge is 0.123 e. The van der Waals surface area contributed by atoms with Crippen molar-refractivity contribution in [2.45, 2.75) is 36.8 Å². The molecule has 0 aromatic heterocycles. The van der Waals surface area contributed by atoms with E-state index in [1.165, 1.54) is 16.7 Å². The monoisotopic (exact) mass is 410 g/mol. The highest BCUT2D eigenvalue weighted by Crippen LogP contribution is 2.42. The predicted molar refractivity (Wildman–Crippen MR) is 118 cm³/mol. The lowest BCUT2D eigenvalue weighted by molar-refractivity contribution is -0.113. The zero-order valence-corrected chi connectivity index (χ0v) is 17.6. The summed E-state index contributed by atoms with van der Waals surface area (Å²) in [7, 11) is 4.61. The second kappa shape index (κ2) is 8.81. The fraction of sp³-hybridized carbons (Fsp3) is 0.333. The second-order valence-corrected chi connectivity index (χ2v) is 8.31. The highest BCUT2D eigenvalue weighted by molar-refractivity contribution is 7.17. The highest BCUT2D eigenvalue weighted by atomic mass is 31.0. The van der Waals surface area contributed by atoms with Crippen molar-refractivity contribution in [3.05, 3.63) is 77.4 Å². The topological polar surface area (TPSA) is 58.9 Å². The number of hydrogen-bond donors (Lipinski definition) is 2. The maximum atomic E-state index is 10.2. The molecule has 1 aliphatic heterocycles. The molecule has 0 bridgehead atoms. The average molecular weight is 410 g/mol. The highest BCUT2D eigenvalue weighted by Gasteiger charge is 2.30. The van der Waals surface area contributed by atoms with Gasteiger partial charge >= 0.3 is 0 Å². The molecule has 152 valence electrons. The largest absolute Gasteiger partial charge is 0.496 e. The quantitative estimate of drug-likeness (QED) is 0.615. The van der Waals surface area contributed by atoms with Crippen LogP contribution in [0.4, 0.5) is 0 Å². The Balaban J connectivity index is 1.68. The number of benzene rings is 1. The molecule has 4 nitrogen and oxygen atoms in total. The van der Waals surface area contributed by atoms with Crippen molar-refractivity contribution < 1.29 is 19.7 Å². The molecule has 0 spiro atoms. The molecule has 2 aliphatic carbocycles. The first-order valence-corrected chi connectivity index (χ1v) is 10.6. The van der Waals surface area contributed by atoms with Gasteiger partial charge in [0.2, 0.25) is 0 Å². The zero-order chi connectivity index (χ0) is 20.4. The fourth-order valence-corrected chi connectivity index (χ4v) is 4.57. The van der Waals surface area contributed by atoms with Crippen LogP contribution in [-0.2, 0) is 4.74 Å². The van der Waals surface area contributed by atoms with Crippen molar-refractivity contribution in [1.29, 1.82) is 0 Å². The van der Waals surface area contributed by atoms with Gasteiger partial charge in [-0.2, -0.15) is 0 Å². The predicted octanol–water partition coefficient (Wildman–Crippen LogP) is 4.34. The summed E-state index contributed by atoms with van der Waals surface area (Å²) in [6.45, 7) is -0.0830. The van der Waals surface area contributed by atoms with E-state index in [-0.39, 0.29) is 24.5 Å². The summed E-state index contributed by atoms with van der Waals surface area (Å²) in [5, 5.41) is 19.7. The van der Waals surface area contributed by atoms with Gasteiger partial charge in [0.1, 0.15) is 5.75 Å². The number of hydrogen-bond acceptors (Lipinski definition) is 4. The molecule has 5 atom stereocenters. The molecule has 0 radical (unpaired) electrons. The summed E-state index contributed by atoms with van der Waals surface area (Å²) in [4.78, 5) is 0. The number of rotatable bonds is 5. The summed E-state index contributed by atoms with van der Waals surface area (Å²) in [5.74, 6) is 0.819. The maximum Gasteiger partial charge on any atom is 0.123 e. The van der Waals surface area contributed by atoms with E-state index in [9.17, 15) is 10.2 Å². The van der Waals surface area contributed by atoms with Crippen LogP contribution in [0.2, 0.25) is 0 Å². The van der Waals surface area contributed by atoms with Crippen LogP contribution < -0.4 is 4.74 Å². The van der Waals surface area contributed by atoms with Crippen molar-refractivity contribution in [2.24, 2.45) is 0 Å². The Morgan fingerprint density at radius 2 is 1.79 bits per heavy atom. The van der Waals surface area contributed by atoms with E-state index < -0.39 is 6.10 Å². The summed E-state index contributed by atoms with van der Waals surface area (Å²) >= 11 is 0. The van der Waals surface area contributed by atoms with Gasteiger partial charge in [0.05, 0.1) is 32.0 Å². The molecule has 29 heavy (non-hydrogen) atoms. The third kappa shape index (κ3) is 4.31. The van der Waals surface area contributed by atoms with Gasteiger partial charge in [-0.05, 0) is 34.4 Å². The van der Waals surface area contributed by atoms with E-state index in [1.807, 2.05) is 18.2 Å². The Labute approximate surface area is 174 Å². The third-order valence-corrected chi connectivity index (χ3v) is 6.40. The summed E-state index contributed by atoms with van der Waals surface area (Å²) in [6.07, 6.45) is -0.0394. The van der Waals surface area contributed by atoms with Crippen LogP contribution >= 0.6 is 9.24 Å². The Kier molecular flexibility index (Phi) is 6.17. The molecule has 1 saturated heterocycles. The lowest BCUT2D eigenvalue weighted by Gasteiger charge is -2.33. The summed E-state index contributed by atoms with van der Waals surface area (Å²) in [6, 6.07) is 20.8. The summed E-state index contributed by atoms with van der Waals surface area (Å²) < 4.78 is 11.6.